The molecule has 1 aliphatic heterocycles. The number of imidazole rings is 1. The van der Waals surface area contributed by atoms with Crippen molar-refractivity contribution in [3.8, 4) is 0 Å². The lowest BCUT2D eigenvalue weighted by molar-refractivity contribution is -0.141. The van der Waals surface area contributed by atoms with Gasteiger partial charge in [-0.3, -0.25) is 14.2 Å². The number of aromatic nitrogens is 2. The summed E-state index contributed by atoms with van der Waals surface area (Å²) in [6.45, 7) is 0. The quantitative estimate of drug-likeness (QED) is 0.785. The normalized spacial score (nSPS) is 18.4. The van der Waals surface area contributed by atoms with Crippen molar-refractivity contribution in [2.75, 3.05) is 12.9 Å². The van der Waals surface area contributed by atoms with Gasteiger partial charge in [0, 0.05) is 5.75 Å². The molecule has 0 spiro atoms. The second-order valence-corrected chi connectivity index (χ2v) is 5.33. The number of methoxy groups -OCH3 is 1. The Hall–Kier alpha value is -1.82. The fourth-order valence-corrected chi connectivity index (χ4v) is 3.26. The van der Waals surface area contributed by atoms with Crippen LogP contribution in [0.15, 0.2) is 29.4 Å². The molecule has 2 heterocycles. The van der Waals surface area contributed by atoms with Gasteiger partial charge in [-0.1, -0.05) is 23.9 Å². The van der Waals surface area contributed by atoms with Gasteiger partial charge in [-0.25, -0.2) is 4.98 Å². The van der Waals surface area contributed by atoms with E-state index in [1.807, 2.05) is 24.3 Å². The van der Waals surface area contributed by atoms with E-state index in [0.29, 0.717) is 10.9 Å². The van der Waals surface area contributed by atoms with Crippen LogP contribution in [0.25, 0.3) is 11.0 Å². The fourth-order valence-electron chi connectivity index (χ4n) is 2.17. The van der Waals surface area contributed by atoms with E-state index in [0.717, 1.165) is 11.0 Å². The van der Waals surface area contributed by atoms with Gasteiger partial charge in [-0.2, -0.15) is 0 Å². The van der Waals surface area contributed by atoms with Crippen LogP contribution in [0.4, 0.5) is 0 Å². The van der Waals surface area contributed by atoms with Crippen LogP contribution in [-0.2, 0) is 9.53 Å². The van der Waals surface area contributed by atoms with E-state index in [-0.39, 0.29) is 24.2 Å². The van der Waals surface area contributed by atoms with Crippen LogP contribution in [0.2, 0.25) is 0 Å². The Labute approximate surface area is 113 Å². The third-order valence-corrected chi connectivity index (χ3v) is 4.26. The molecule has 0 N–H and O–H groups in total. The second kappa shape index (κ2) is 4.70. The summed E-state index contributed by atoms with van der Waals surface area (Å²) in [5.74, 6) is -0.209. The zero-order valence-corrected chi connectivity index (χ0v) is 11.1. The highest BCUT2D eigenvalue weighted by Crippen LogP contribution is 2.32. The molecule has 0 aliphatic carbocycles. The zero-order valence-electron chi connectivity index (χ0n) is 10.3. The Bertz CT molecular complexity index is 665. The number of carbonyl (C=O) groups excluding carboxylic acids is 2. The molecule has 0 saturated carbocycles. The van der Waals surface area contributed by atoms with Crippen molar-refractivity contribution in [2.24, 2.45) is 5.92 Å². The summed E-state index contributed by atoms with van der Waals surface area (Å²) in [7, 11) is 1.33. The highest BCUT2D eigenvalue weighted by molar-refractivity contribution is 7.99. The molecule has 3 rings (SSSR count). The summed E-state index contributed by atoms with van der Waals surface area (Å²) in [6.07, 6.45) is 0.119. The zero-order chi connectivity index (χ0) is 13.4. The van der Waals surface area contributed by atoms with E-state index in [4.69, 9.17) is 0 Å². The SMILES string of the molecule is COC(=O)C[C@@H]1CSc2nc3ccccc3n2C1=O. The minimum absolute atomic E-state index is 0.0761. The van der Waals surface area contributed by atoms with Crippen LogP contribution < -0.4 is 0 Å². The van der Waals surface area contributed by atoms with Crippen molar-refractivity contribution in [3.63, 3.8) is 0 Å². The lowest BCUT2D eigenvalue weighted by Crippen LogP contribution is -2.30. The molecule has 0 amide bonds. The fraction of sp³-hybridized carbons (Fsp3) is 0.308. The number of nitrogens with zero attached hydrogens (tertiary/aromatic N) is 2. The summed E-state index contributed by atoms with van der Waals surface area (Å²) in [6, 6.07) is 7.51. The Morgan fingerprint density at radius 2 is 2.32 bits per heavy atom. The maximum Gasteiger partial charge on any atom is 0.306 e. The molecule has 0 radical (unpaired) electrons. The Balaban J connectivity index is 2.00. The molecule has 1 aliphatic rings. The van der Waals surface area contributed by atoms with E-state index in [1.54, 1.807) is 4.57 Å². The number of fused-ring (bicyclic) bond motifs is 3. The number of ether oxygens (including phenoxy) is 1. The molecule has 0 bridgehead atoms. The number of carbonyl (C=O) groups is 2. The number of rotatable bonds is 2. The van der Waals surface area contributed by atoms with Gasteiger partial charge in [0.1, 0.15) is 0 Å². The smallest absolute Gasteiger partial charge is 0.306 e. The van der Waals surface area contributed by atoms with Crippen LogP contribution in [0.3, 0.4) is 0 Å². The summed E-state index contributed by atoms with van der Waals surface area (Å²) in [5.41, 5.74) is 1.60. The average molecular weight is 276 g/mol. The predicted molar refractivity (Wildman–Crippen MR) is 71.2 cm³/mol. The van der Waals surface area contributed by atoms with E-state index in [9.17, 15) is 9.59 Å². The molecular formula is C13H12N2O3S. The van der Waals surface area contributed by atoms with Gasteiger partial charge in [-0.15, -0.1) is 0 Å². The lowest BCUT2D eigenvalue weighted by Gasteiger charge is -2.20. The van der Waals surface area contributed by atoms with E-state index in [1.165, 1.54) is 18.9 Å². The van der Waals surface area contributed by atoms with E-state index in [2.05, 4.69) is 9.72 Å². The number of para-hydroxylation sites is 2. The predicted octanol–water partition coefficient (Wildman–Crippen LogP) is 1.96. The van der Waals surface area contributed by atoms with Gasteiger partial charge in [0.25, 0.3) is 0 Å². The highest BCUT2D eigenvalue weighted by atomic mass is 32.2. The topological polar surface area (TPSA) is 61.2 Å². The van der Waals surface area contributed by atoms with Gasteiger partial charge in [0.15, 0.2) is 5.16 Å². The number of benzene rings is 1. The molecule has 1 aromatic carbocycles. The van der Waals surface area contributed by atoms with Gasteiger partial charge in [0.05, 0.1) is 30.5 Å². The minimum Gasteiger partial charge on any atom is -0.469 e. The summed E-state index contributed by atoms with van der Waals surface area (Å²) < 4.78 is 6.24. The monoisotopic (exact) mass is 276 g/mol. The van der Waals surface area contributed by atoms with Crippen molar-refractivity contribution in [1.82, 2.24) is 9.55 Å². The first-order valence-electron chi connectivity index (χ1n) is 5.92. The standard InChI is InChI=1S/C13H12N2O3S/c1-18-11(16)6-8-7-19-13-14-9-4-2-3-5-10(9)15(13)12(8)17/h2-5,8H,6-7H2,1H3/t8-/m1/s1. The van der Waals surface area contributed by atoms with Gasteiger partial charge < -0.3 is 4.74 Å². The summed E-state index contributed by atoms with van der Waals surface area (Å²) in [4.78, 5) is 28.2. The molecule has 0 saturated heterocycles. The van der Waals surface area contributed by atoms with Gasteiger partial charge >= 0.3 is 5.97 Å². The van der Waals surface area contributed by atoms with Crippen molar-refractivity contribution < 1.29 is 14.3 Å². The number of esters is 1. The molecule has 5 nitrogen and oxygen atoms in total. The Morgan fingerprint density at radius 3 is 3.11 bits per heavy atom. The van der Waals surface area contributed by atoms with Crippen LogP contribution in [0, 0.1) is 5.92 Å². The first-order chi connectivity index (χ1) is 9.20. The number of hydrogen-bond donors (Lipinski definition) is 0. The third kappa shape index (κ3) is 2.02. The van der Waals surface area contributed by atoms with Gasteiger partial charge in [-0.05, 0) is 12.1 Å². The Kier molecular flexibility index (Phi) is 3.02. The van der Waals surface area contributed by atoms with Crippen molar-refractivity contribution in [2.45, 2.75) is 11.6 Å². The summed E-state index contributed by atoms with van der Waals surface area (Å²) in [5, 5.41) is 0.701. The minimum atomic E-state index is -0.355. The van der Waals surface area contributed by atoms with Crippen LogP contribution in [0.5, 0.6) is 0 Å². The molecule has 1 atom stereocenters. The molecular weight excluding hydrogens is 264 g/mol. The van der Waals surface area contributed by atoms with Crippen molar-refractivity contribution >= 4 is 34.7 Å². The molecule has 1 aromatic heterocycles. The molecule has 19 heavy (non-hydrogen) atoms. The van der Waals surface area contributed by atoms with Crippen molar-refractivity contribution in [1.29, 1.82) is 0 Å². The van der Waals surface area contributed by atoms with Crippen LogP contribution in [0.1, 0.15) is 11.2 Å². The first kappa shape index (κ1) is 12.2. The summed E-state index contributed by atoms with van der Waals surface area (Å²) >= 11 is 1.50. The Morgan fingerprint density at radius 1 is 1.53 bits per heavy atom. The molecule has 0 fully saturated rings. The molecule has 6 heteroatoms. The number of hydrogen-bond acceptors (Lipinski definition) is 5. The third-order valence-electron chi connectivity index (χ3n) is 3.15. The van der Waals surface area contributed by atoms with Crippen LogP contribution in [-0.4, -0.2) is 34.3 Å². The van der Waals surface area contributed by atoms with Crippen LogP contribution >= 0.6 is 11.8 Å². The lowest BCUT2D eigenvalue weighted by atomic mass is 10.1. The second-order valence-electron chi connectivity index (χ2n) is 4.34. The van der Waals surface area contributed by atoms with E-state index < -0.39 is 0 Å². The molecule has 0 unspecified atom stereocenters. The van der Waals surface area contributed by atoms with E-state index >= 15 is 0 Å². The first-order valence-corrected chi connectivity index (χ1v) is 6.90. The van der Waals surface area contributed by atoms with Crippen molar-refractivity contribution in [3.05, 3.63) is 24.3 Å². The average Bonchev–Trinajstić information content (AvgIpc) is 2.81. The molecule has 2 aromatic rings. The molecule has 98 valence electrons. The highest BCUT2D eigenvalue weighted by Gasteiger charge is 2.32. The largest absolute Gasteiger partial charge is 0.469 e. The number of thioether (sulfide) groups is 1. The maximum atomic E-state index is 12.4. The van der Waals surface area contributed by atoms with Gasteiger partial charge in [0.2, 0.25) is 5.91 Å². The maximum absolute atomic E-state index is 12.4.